The van der Waals surface area contributed by atoms with Crippen LogP contribution in [0.3, 0.4) is 0 Å². The molecule has 1 unspecified atom stereocenters. The van der Waals surface area contributed by atoms with E-state index in [4.69, 9.17) is 5.26 Å². The summed E-state index contributed by atoms with van der Waals surface area (Å²) in [4.78, 5) is 0. The van der Waals surface area contributed by atoms with Crippen molar-refractivity contribution in [3.63, 3.8) is 0 Å². The highest BCUT2D eigenvalue weighted by Crippen LogP contribution is 2.32. The molecule has 0 radical (unpaired) electrons. The summed E-state index contributed by atoms with van der Waals surface area (Å²) in [6, 6.07) is 4.41. The topological polar surface area (TPSA) is 33.0 Å². The molecular formula is C11H7F6NO. The van der Waals surface area contributed by atoms with Gasteiger partial charge in [0.25, 0.3) is 0 Å². The molecule has 0 aliphatic heterocycles. The Hall–Kier alpha value is -1.91. The van der Waals surface area contributed by atoms with Gasteiger partial charge in [0.1, 0.15) is 12.4 Å². The highest BCUT2D eigenvalue weighted by Gasteiger charge is 2.40. The summed E-state index contributed by atoms with van der Waals surface area (Å²) in [5, 5.41) is 8.29. The molecule has 0 saturated heterocycles. The highest BCUT2D eigenvalue weighted by molar-refractivity contribution is 5.30. The summed E-state index contributed by atoms with van der Waals surface area (Å²) in [5.74, 6) is -2.76. The Bertz CT molecular complexity index is 473. The average Bonchev–Trinajstić information content (AvgIpc) is 2.27. The van der Waals surface area contributed by atoms with Crippen LogP contribution in [0.15, 0.2) is 24.3 Å². The van der Waals surface area contributed by atoms with Gasteiger partial charge in [-0.25, -0.2) is 0 Å². The first-order chi connectivity index (χ1) is 8.64. The fourth-order valence-corrected chi connectivity index (χ4v) is 1.15. The first-order valence-electron chi connectivity index (χ1n) is 4.91. The zero-order valence-electron chi connectivity index (χ0n) is 9.22. The number of hydrogen-bond donors (Lipinski definition) is 0. The largest absolute Gasteiger partial charge is 0.492 e. The summed E-state index contributed by atoms with van der Waals surface area (Å²) >= 11 is 0. The molecule has 0 heterocycles. The first kappa shape index (κ1) is 15.1. The van der Waals surface area contributed by atoms with Crippen LogP contribution in [0.25, 0.3) is 0 Å². The number of rotatable bonds is 3. The number of benzene rings is 1. The molecule has 0 saturated carbocycles. The summed E-state index contributed by atoms with van der Waals surface area (Å²) in [7, 11) is 0. The van der Waals surface area contributed by atoms with E-state index in [2.05, 4.69) is 4.74 Å². The maximum atomic E-state index is 12.3. The maximum absolute atomic E-state index is 12.3. The smallest absolute Gasteiger partial charge is 0.416 e. The van der Waals surface area contributed by atoms with Crippen molar-refractivity contribution in [2.75, 3.05) is 6.61 Å². The Labute approximate surface area is 104 Å². The van der Waals surface area contributed by atoms with E-state index in [9.17, 15) is 26.3 Å². The van der Waals surface area contributed by atoms with Gasteiger partial charge in [-0.1, -0.05) is 6.07 Å². The van der Waals surface area contributed by atoms with E-state index in [1.807, 2.05) is 0 Å². The molecule has 0 fully saturated rings. The van der Waals surface area contributed by atoms with E-state index in [0.717, 1.165) is 24.3 Å². The molecule has 1 aromatic carbocycles. The second-order valence-corrected chi connectivity index (χ2v) is 3.56. The Kier molecular flexibility index (Phi) is 4.29. The van der Waals surface area contributed by atoms with Gasteiger partial charge in [-0.3, -0.25) is 0 Å². The number of alkyl halides is 6. The summed E-state index contributed by atoms with van der Waals surface area (Å²) in [5.41, 5.74) is -1.04. The third kappa shape index (κ3) is 4.35. The molecular weight excluding hydrogens is 276 g/mol. The van der Waals surface area contributed by atoms with Crippen molar-refractivity contribution >= 4 is 0 Å². The van der Waals surface area contributed by atoms with Gasteiger partial charge in [0, 0.05) is 0 Å². The van der Waals surface area contributed by atoms with E-state index >= 15 is 0 Å². The quantitative estimate of drug-likeness (QED) is 0.791. The maximum Gasteiger partial charge on any atom is 0.416 e. The summed E-state index contributed by atoms with van der Waals surface area (Å²) < 4.78 is 78.2. The Morgan fingerprint density at radius 3 is 2.26 bits per heavy atom. The zero-order valence-corrected chi connectivity index (χ0v) is 9.22. The lowest BCUT2D eigenvalue weighted by molar-refractivity contribution is -0.165. The van der Waals surface area contributed by atoms with Crippen LogP contribution in [0.1, 0.15) is 5.56 Å². The second-order valence-electron chi connectivity index (χ2n) is 3.56. The molecule has 0 aromatic heterocycles. The van der Waals surface area contributed by atoms with Gasteiger partial charge >= 0.3 is 12.4 Å². The standard InChI is InChI=1S/C11H7F6NO/c12-10(13,14)7-2-1-3-9(4-7)19-6-8(5-18)11(15,16)17/h1-4,8H,6H2. The molecule has 0 bridgehead atoms. The number of nitrogens with zero attached hydrogens (tertiary/aromatic N) is 1. The normalized spacial score (nSPS) is 13.7. The van der Waals surface area contributed by atoms with Gasteiger partial charge in [-0.15, -0.1) is 0 Å². The van der Waals surface area contributed by atoms with Gasteiger partial charge in [0.15, 0.2) is 5.92 Å². The van der Waals surface area contributed by atoms with Crippen molar-refractivity contribution in [3.8, 4) is 11.8 Å². The van der Waals surface area contributed by atoms with Crippen LogP contribution >= 0.6 is 0 Å². The molecule has 19 heavy (non-hydrogen) atoms. The molecule has 8 heteroatoms. The SMILES string of the molecule is N#CC(COc1cccc(C(F)(F)F)c1)C(F)(F)F. The van der Waals surface area contributed by atoms with Crippen LogP contribution in [0, 0.1) is 17.2 Å². The number of nitriles is 1. The second kappa shape index (κ2) is 5.38. The van der Waals surface area contributed by atoms with Crippen LogP contribution in [-0.2, 0) is 6.18 Å². The third-order valence-electron chi connectivity index (χ3n) is 2.13. The minimum atomic E-state index is -4.78. The molecule has 2 nitrogen and oxygen atoms in total. The Balaban J connectivity index is 2.77. The lowest BCUT2D eigenvalue weighted by Gasteiger charge is -2.15. The molecule has 0 aliphatic rings. The molecule has 0 aliphatic carbocycles. The molecule has 0 amide bonds. The Morgan fingerprint density at radius 2 is 1.79 bits per heavy atom. The van der Waals surface area contributed by atoms with Crippen molar-refractivity contribution in [2.45, 2.75) is 12.4 Å². The van der Waals surface area contributed by atoms with Crippen molar-refractivity contribution in [3.05, 3.63) is 29.8 Å². The van der Waals surface area contributed by atoms with Crippen molar-refractivity contribution in [1.29, 1.82) is 5.26 Å². The van der Waals surface area contributed by atoms with E-state index < -0.39 is 30.4 Å². The first-order valence-corrected chi connectivity index (χ1v) is 4.91. The minimum Gasteiger partial charge on any atom is -0.492 e. The lowest BCUT2D eigenvalue weighted by atomic mass is 10.2. The summed E-state index contributed by atoms with van der Waals surface area (Å²) in [6.45, 7) is -1.05. The molecule has 1 atom stereocenters. The zero-order chi connectivity index (χ0) is 14.7. The van der Waals surface area contributed by atoms with Crippen LogP contribution in [0.2, 0.25) is 0 Å². The van der Waals surface area contributed by atoms with Gasteiger partial charge in [0.2, 0.25) is 0 Å². The molecule has 104 valence electrons. The van der Waals surface area contributed by atoms with Crippen molar-refractivity contribution in [1.82, 2.24) is 0 Å². The van der Waals surface area contributed by atoms with Gasteiger partial charge in [0.05, 0.1) is 11.6 Å². The van der Waals surface area contributed by atoms with Gasteiger partial charge in [-0.05, 0) is 18.2 Å². The van der Waals surface area contributed by atoms with E-state index in [1.54, 1.807) is 0 Å². The predicted octanol–water partition coefficient (Wildman–Crippen LogP) is 3.79. The number of hydrogen-bond acceptors (Lipinski definition) is 2. The fraction of sp³-hybridized carbons (Fsp3) is 0.364. The van der Waals surface area contributed by atoms with Crippen LogP contribution in [-0.4, -0.2) is 12.8 Å². The Morgan fingerprint density at radius 1 is 1.16 bits per heavy atom. The molecule has 1 aromatic rings. The van der Waals surface area contributed by atoms with E-state index in [-0.39, 0.29) is 5.75 Å². The van der Waals surface area contributed by atoms with Crippen LogP contribution in [0.4, 0.5) is 26.3 Å². The van der Waals surface area contributed by atoms with Gasteiger partial charge < -0.3 is 4.74 Å². The fourth-order valence-electron chi connectivity index (χ4n) is 1.15. The van der Waals surface area contributed by atoms with Crippen molar-refractivity contribution in [2.24, 2.45) is 5.92 Å². The highest BCUT2D eigenvalue weighted by atomic mass is 19.4. The monoisotopic (exact) mass is 283 g/mol. The van der Waals surface area contributed by atoms with E-state index in [1.165, 1.54) is 0 Å². The van der Waals surface area contributed by atoms with Crippen molar-refractivity contribution < 1.29 is 31.1 Å². The van der Waals surface area contributed by atoms with E-state index in [0.29, 0.717) is 6.07 Å². The minimum absolute atomic E-state index is 0.376. The number of ether oxygens (including phenoxy) is 1. The predicted molar refractivity (Wildman–Crippen MR) is 52.1 cm³/mol. The third-order valence-corrected chi connectivity index (χ3v) is 2.13. The van der Waals surface area contributed by atoms with Gasteiger partial charge in [-0.2, -0.15) is 31.6 Å². The molecule has 1 rings (SSSR count). The van der Waals surface area contributed by atoms with Crippen LogP contribution in [0.5, 0.6) is 5.75 Å². The average molecular weight is 283 g/mol. The van der Waals surface area contributed by atoms with Crippen LogP contribution < -0.4 is 4.74 Å². The summed E-state index contributed by atoms with van der Waals surface area (Å²) in [6.07, 6.45) is -9.39. The molecule has 0 N–H and O–H groups in total. The molecule has 0 spiro atoms. The number of halogens is 6. The lowest BCUT2D eigenvalue weighted by Crippen LogP contribution is -2.27.